The highest BCUT2D eigenvalue weighted by Gasteiger charge is 2.20. The first kappa shape index (κ1) is 12.4. The van der Waals surface area contributed by atoms with Crippen LogP contribution in [0.2, 0.25) is 0 Å². The van der Waals surface area contributed by atoms with E-state index in [1.807, 2.05) is 30.2 Å². The molecule has 0 atom stereocenters. The standard InChI is InChI=1S/C12H17N3OS/c1-9-3-4-10(11(14-9)17-2)12(16)15-7-5-13-6-8-15/h3-4,13H,5-8H2,1-2H3. The van der Waals surface area contributed by atoms with Crippen molar-refractivity contribution in [2.45, 2.75) is 11.9 Å². The summed E-state index contributed by atoms with van der Waals surface area (Å²) in [5.41, 5.74) is 1.68. The van der Waals surface area contributed by atoms with E-state index in [1.165, 1.54) is 11.8 Å². The zero-order valence-corrected chi connectivity index (χ0v) is 11.0. The van der Waals surface area contributed by atoms with Gasteiger partial charge in [0.25, 0.3) is 5.91 Å². The lowest BCUT2D eigenvalue weighted by atomic mass is 10.2. The molecule has 1 aliphatic heterocycles. The molecule has 2 rings (SSSR count). The minimum atomic E-state index is 0.100. The Morgan fingerprint density at radius 2 is 2.12 bits per heavy atom. The van der Waals surface area contributed by atoms with Crippen LogP contribution in [0.4, 0.5) is 0 Å². The Hall–Kier alpha value is -1.07. The van der Waals surface area contributed by atoms with Crippen molar-refractivity contribution in [2.75, 3.05) is 32.4 Å². The number of hydrogen-bond donors (Lipinski definition) is 1. The molecule has 1 aliphatic rings. The van der Waals surface area contributed by atoms with Crippen LogP contribution in [0.5, 0.6) is 0 Å². The molecule has 0 saturated carbocycles. The number of thioether (sulfide) groups is 1. The Balaban J connectivity index is 2.23. The molecule has 1 fully saturated rings. The van der Waals surface area contributed by atoms with Gasteiger partial charge in [0.05, 0.1) is 5.56 Å². The molecule has 0 unspecified atom stereocenters. The Morgan fingerprint density at radius 3 is 2.76 bits per heavy atom. The average molecular weight is 251 g/mol. The lowest BCUT2D eigenvalue weighted by Crippen LogP contribution is -2.46. The molecule has 0 aliphatic carbocycles. The van der Waals surface area contributed by atoms with Crippen LogP contribution in [0, 0.1) is 6.92 Å². The van der Waals surface area contributed by atoms with Crippen molar-refractivity contribution in [3.05, 3.63) is 23.4 Å². The largest absolute Gasteiger partial charge is 0.336 e. The number of rotatable bonds is 2. The monoisotopic (exact) mass is 251 g/mol. The minimum absolute atomic E-state index is 0.100. The summed E-state index contributed by atoms with van der Waals surface area (Å²) in [5.74, 6) is 0.100. The van der Waals surface area contributed by atoms with Gasteiger partial charge in [-0.05, 0) is 25.3 Å². The molecule has 2 heterocycles. The van der Waals surface area contributed by atoms with Crippen LogP contribution >= 0.6 is 11.8 Å². The first-order chi connectivity index (χ1) is 8.22. The highest BCUT2D eigenvalue weighted by Crippen LogP contribution is 2.20. The molecular weight excluding hydrogens is 234 g/mol. The lowest BCUT2D eigenvalue weighted by molar-refractivity contribution is 0.0731. The van der Waals surface area contributed by atoms with Crippen molar-refractivity contribution in [1.82, 2.24) is 15.2 Å². The van der Waals surface area contributed by atoms with Gasteiger partial charge in [0, 0.05) is 31.9 Å². The second-order valence-electron chi connectivity index (χ2n) is 4.05. The van der Waals surface area contributed by atoms with Crippen molar-refractivity contribution in [3.8, 4) is 0 Å². The Kier molecular flexibility index (Phi) is 4.02. The number of carbonyl (C=O) groups is 1. The predicted molar refractivity (Wildman–Crippen MR) is 69.5 cm³/mol. The third kappa shape index (κ3) is 2.79. The normalized spacial score (nSPS) is 16.0. The van der Waals surface area contributed by atoms with E-state index in [2.05, 4.69) is 10.3 Å². The van der Waals surface area contributed by atoms with Gasteiger partial charge in [0.1, 0.15) is 5.03 Å². The third-order valence-corrected chi connectivity index (χ3v) is 3.53. The van der Waals surface area contributed by atoms with Crippen molar-refractivity contribution in [3.63, 3.8) is 0 Å². The Labute approximate surface area is 106 Å². The Bertz CT molecular complexity index is 416. The molecule has 0 radical (unpaired) electrons. The maximum absolute atomic E-state index is 12.3. The molecule has 17 heavy (non-hydrogen) atoms. The smallest absolute Gasteiger partial charge is 0.256 e. The summed E-state index contributed by atoms with van der Waals surface area (Å²) in [5, 5.41) is 4.07. The van der Waals surface area contributed by atoms with Gasteiger partial charge in [-0.3, -0.25) is 4.79 Å². The van der Waals surface area contributed by atoms with Gasteiger partial charge in [-0.2, -0.15) is 0 Å². The van der Waals surface area contributed by atoms with E-state index in [4.69, 9.17) is 0 Å². The van der Waals surface area contributed by atoms with Crippen LogP contribution in [0.1, 0.15) is 16.1 Å². The van der Waals surface area contributed by atoms with Crippen molar-refractivity contribution in [2.24, 2.45) is 0 Å². The van der Waals surface area contributed by atoms with Crippen LogP contribution in [-0.2, 0) is 0 Å². The Morgan fingerprint density at radius 1 is 1.41 bits per heavy atom. The first-order valence-corrected chi connectivity index (χ1v) is 6.96. The number of piperazine rings is 1. The molecule has 1 saturated heterocycles. The predicted octanol–water partition coefficient (Wildman–Crippen LogP) is 1.16. The topological polar surface area (TPSA) is 45.2 Å². The summed E-state index contributed by atoms with van der Waals surface area (Å²) in [6, 6.07) is 3.79. The lowest BCUT2D eigenvalue weighted by Gasteiger charge is -2.27. The quantitative estimate of drug-likeness (QED) is 0.801. The van der Waals surface area contributed by atoms with Crippen LogP contribution in [-0.4, -0.2) is 48.2 Å². The number of pyridine rings is 1. The second-order valence-corrected chi connectivity index (χ2v) is 4.85. The second kappa shape index (κ2) is 5.51. The van der Waals surface area contributed by atoms with Crippen LogP contribution in [0.15, 0.2) is 17.2 Å². The van der Waals surface area contributed by atoms with Crippen LogP contribution < -0.4 is 5.32 Å². The maximum atomic E-state index is 12.3. The van der Waals surface area contributed by atoms with Gasteiger partial charge in [0.15, 0.2) is 0 Å². The summed E-state index contributed by atoms with van der Waals surface area (Å²) >= 11 is 1.53. The molecule has 0 spiro atoms. The van der Waals surface area contributed by atoms with Crippen molar-refractivity contribution >= 4 is 17.7 Å². The number of nitrogens with zero attached hydrogens (tertiary/aromatic N) is 2. The summed E-state index contributed by atoms with van der Waals surface area (Å²) in [6.45, 7) is 5.25. The van der Waals surface area contributed by atoms with Gasteiger partial charge >= 0.3 is 0 Å². The third-order valence-electron chi connectivity index (χ3n) is 2.83. The van der Waals surface area contributed by atoms with Crippen LogP contribution in [0.3, 0.4) is 0 Å². The number of aryl methyl sites for hydroxylation is 1. The molecule has 1 amide bonds. The van der Waals surface area contributed by atoms with Crippen molar-refractivity contribution in [1.29, 1.82) is 0 Å². The molecule has 5 heteroatoms. The molecule has 1 aromatic rings. The molecule has 1 N–H and O–H groups in total. The van der Waals surface area contributed by atoms with Gasteiger partial charge in [-0.25, -0.2) is 4.98 Å². The van der Waals surface area contributed by atoms with Gasteiger partial charge in [-0.1, -0.05) is 0 Å². The highest BCUT2D eigenvalue weighted by molar-refractivity contribution is 7.98. The number of amides is 1. The fourth-order valence-electron chi connectivity index (χ4n) is 1.89. The number of hydrogen-bond acceptors (Lipinski definition) is 4. The fraction of sp³-hybridized carbons (Fsp3) is 0.500. The molecule has 0 bridgehead atoms. The number of nitrogens with one attached hydrogen (secondary N) is 1. The fourth-order valence-corrected chi connectivity index (χ4v) is 2.50. The summed E-state index contributed by atoms with van der Waals surface area (Å²) in [4.78, 5) is 18.6. The van der Waals surface area contributed by atoms with E-state index in [-0.39, 0.29) is 5.91 Å². The van der Waals surface area contributed by atoms with E-state index in [9.17, 15) is 4.79 Å². The van der Waals surface area contributed by atoms with E-state index >= 15 is 0 Å². The highest BCUT2D eigenvalue weighted by atomic mass is 32.2. The first-order valence-electron chi connectivity index (χ1n) is 5.74. The number of carbonyl (C=O) groups excluding carboxylic acids is 1. The maximum Gasteiger partial charge on any atom is 0.256 e. The van der Waals surface area contributed by atoms with Crippen molar-refractivity contribution < 1.29 is 4.79 Å². The molecule has 4 nitrogen and oxygen atoms in total. The van der Waals surface area contributed by atoms with Crippen LogP contribution in [0.25, 0.3) is 0 Å². The summed E-state index contributed by atoms with van der Waals surface area (Å²) < 4.78 is 0. The van der Waals surface area contributed by atoms with Gasteiger partial charge in [-0.15, -0.1) is 11.8 Å². The minimum Gasteiger partial charge on any atom is -0.336 e. The average Bonchev–Trinajstić information content (AvgIpc) is 2.39. The van der Waals surface area contributed by atoms with E-state index in [0.717, 1.165) is 42.5 Å². The van der Waals surface area contributed by atoms with Gasteiger partial charge < -0.3 is 10.2 Å². The zero-order valence-electron chi connectivity index (χ0n) is 10.2. The van der Waals surface area contributed by atoms with Gasteiger partial charge in [0.2, 0.25) is 0 Å². The van der Waals surface area contributed by atoms with E-state index in [0.29, 0.717) is 0 Å². The zero-order chi connectivity index (χ0) is 12.3. The van der Waals surface area contributed by atoms with E-state index in [1.54, 1.807) is 0 Å². The molecule has 1 aromatic heterocycles. The molecule has 0 aromatic carbocycles. The SMILES string of the molecule is CSc1nc(C)ccc1C(=O)N1CCNCC1. The summed E-state index contributed by atoms with van der Waals surface area (Å²) in [6.07, 6.45) is 1.95. The number of aromatic nitrogens is 1. The summed E-state index contributed by atoms with van der Waals surface area (Å²) in [7, 11) is 0. The van der Waals surface area contributed by atoms with E-state index < -0.39 is 0 Å². The molecular formula is C12H17N3OS. The molecule has 92 valence electrons.